The molecule has 0 fully saturated rings. The van der Waals surface area contributed by atoms with Gasteiger partial charge >= 0.3 is 0 Å². The van der Waals surface area contributed by atoms with Crippen molar-refractivity contribution in [3.05, 3.63) is 53.6 Å². The van der Waals surface area contributed by atoms with Crippen LogP contribution in [0.15, 0.2) is 47.6 Å². The third kappa shape index (κ3) is 4.39. The van der Waals surface area contributed by atoms with Crippen LogP contribution in [0.25, 0.3) is 0 Å². The van der Waals surface area contributed by atoms with E-state index in [9.17, 15) is 5.11 Å². The average Bonchev–Trinajstić information content (AvgIpc) is 2.46. The van der Waals surface area contributed by atoms with E-state index in [0.717, 1.165) is 5.69 Å². The number of benzene rings is 2. The van der Waals surface area contributed by atoms with E-state index in [-0.39, 0.29) is 18.2 Å². The maximum atomic E-state index is 9.94. The lowest BCUT2D eigenvalue weighted by Gasteiger charge is -2.07. The molecule has 112 valence electrons. The molecule has 0 aliphatic rings. The summed E-state index contributed by atoms with van der Waals surface area (Å²) >= 11 is 0. The van der Waals surface area contributed by atoms with Crippen LogP contribution in [0.4, 0.5) is 5.69 Å². The number of nitrogens with one attached hydrogen (secondary N) is 1. The number of nitrogens with zero attached hydrogens (tertiary/aromatic N) is 1. The number of aryl methyl sites for hydroxylation is 1. The Labute approximate surface area is 130 Å². The summed E-state index contributed by atoms with van der Waals surface area (Å²) in [7, 11) is 1.56. The summed E-state index contributed by atoms with van der Waals surface area (Å²) < 4.78 is 5.05. The standard InChI is InChI=1S/C16H18N2O2.ClH/c1-11-4-6-13(7-5-11)18-17-12(2)15-9-8-14(20-3)10-16(15)19;/h4-10,18-19H,1-3H3;1H/b17-12+;. The van der Waals surface area contributed by atoms with Crippen LogP contribution < -0.4 is 10.2 Å². The third-order valence-corrected chi connectivity index (χ3v) is 3.00. The van der Waals surface area contributed by atoms with Crippen molar-refractivity contribution in [1.29, 1.82) is 0 Å². The van der Waals surface area contributed by atoms with Gasteiger partial charge in [0.15, 0.2) is 0 Å². The number of phenols is 1. The summed E-state index contributed by atoms with van der Waals surface area (Å²) in [6.07, 6.45) is 0. The smallest absolute Gasteiger partial charge is 0.128 e. The number of hydrogen-bond donors (Lipinski definition) is 2. The first-order valence-corrected chi connectivity index (χ1v) is 6.34. The van der Waals surface area contributed by atoms with Gasteiger partial charge in [-0.1, -0.05) is 17.7 Å². The molecular weight excluding hydrogens is 288 g/mol. The van der Waals surface area contributed by atoms with Crippen molar-refractivity contribution in [1.82, 2.24) is 0 Å². The Morgan fingerprint density at radius 2 is 1.81 bits per heavy atom. The lowest BCUT2D eigenvalue weighted by atomic mass is 10.1. The van der Waals surface area contributed by atoms with Gasteiger partial charge in [0.25, 0.3) is 0 Å². The van der Waals surface area contributed by atoms with E-state index in [0.29, 0.717) is 17.0 Å². The van der Waals surface area contributed by atoms with Gasteiger partial charge in [-0.25, -0.2) is 0 Å². The largest absolute Gasteiger partial charge is 0.507 e. The maximum absolute atomic E-state index is 9.94. The van der Waals surface area contributed by atoms with Gasteiger partial charge in [0, 0.05) is 11.6 Å². The molecule has 0 aliphatic carbocycles. The summed E-state index contributed by atoms with van der Waals surface area (Å²) in [6, 6.07) is 13.1. The van der Waals surface area contributed by atoms with Crippen LogP contribution >= 0.6 is 12.4 Å². The Kier molecular flexibility index (Phi) is 6.06. The van der Waals surface area contributed by atoms with Crippen molar-refractivity contribution in [2.24, 2.45) is 5.10 Å². The topological polar surface area (TPSA) is 53.8 Å². The SMILES string of the molecule is COc1ccc(/C(C)=N/Nc2ccc(C)cc2)c(O)c1.Cl. The van der Waals surface area contributed by atoms with E-state index >= 15 is 0 Å². The number of rotatable bonds is 4. The number of anilines is 1. The highest BCUT2D eigenvalue weighted by Crippen LogP contribution is 2.24. The van der Waals surface area contributed by atoms with Gasteiger partial charge < -0.3 is 9.84 Å². The summed E-state index contributed by atoms with van der Waals surface area (Å²) in [6.45, 7) is 3.87. The Balaban J connectivity index is 0.00000220. The number of phenolic OH excluding ortho intramolecular Hbond substituents is 1. The zero-order chi connectivity index (χ0) is 14.5. The van der Waals surface area contributed by atoms with Crippen LogP contribution in [0.3, 0.4) is 0 Å². The number of hydrazone groups is 1. The predicted octanol–water partition coefficient (Wildman–Crippen LogP) is 3.97. The first-order valence-electron chi connectivity index (χ1n) is 6.34. The third-order valence-electron chi connectivity index (χ3n) is 3.00. The van der Waals surface area contributed by atoms with E-state index in [4.69, 9.17) is 4.74 Å². The molecule has 0 aliphatic heterocycles. The highest BCUT2D eigenvalue weighted by Gasteiger charge is 2.06. The lowest BCUT2D eigenvalue weighted by Crippen LogP contribution is -2.00. The molecule has 2 rings (SSSR count). The second kappa shape index (κ2) is 7.55. The highest BCUT2D eigenvalue weighted by molar-refractivity contribution is 6.01. The fourth-order valence-electron chi connectivity index (χ4n) is 1.78. The normalized spacial score (nSPS) is 10.7. The van der Waals surface area contributed by atoms with Gasteiger partial charge in [-0.05, 0) is 38.1 Å². The summed E-state index contributed by atoms with van der Waals surface area (Å²) in [4.78, 5) is 0. The van der Waals surface area contributed by atoms with Crippen molar-refractivity contribution >= 4 is 23.8 Å². The molecule has 0 amide bonds. The molecule has 0 atom stereocenters. The Hall–Kier alpha value is -2.20. The minimum atomic E-state index is 0. The molecule has 0 heterocycles. The first kappa shape index (κ1) is 16.9. The van der Waals surface area contributed by atoms with Crippen LogP contribution in [0.1, 0.15) is 18.1 Å². The predicted molar refractivity (Wildman–Crippen MR) is 88.9 cm³/mol. The molecule has 0 radical (unpaired) electrons. The fraction of sp³-hybridized carbons (Fsp3) is 0.188. The van der Waals surface area contributed by atoms with Gasteiger partial charge in [-0.3, -0.25) is 5.43 Å². The first-order chi connectivity index (χ1) is 9.60. The lowest BCUT2D eigenvalue weighted by molar-refractivity contribution is 0.407. The van der Waals surface area contributed by atoms with Crippen molar-refractivity contribution in [2.75, 3.05) is 12.5 Å². The molecule has 0 bridgehead atoms. The number of hydrogen-bond acceptors (Lipinski definition) is 4. The van der Waals surface area contributed by atoms with E-state index < -0.39 is 0 Å². The monoisotopic (exact) mass is 306 g/mol. The molecule has 0 saturated heterocycles. The van der Waals surface area contributed by atoms with Gasteiger partial charge in [-0.2, -0.15) is 5.10 Å². The van der Waals surface area contributed by atoms with Crippen LogP contribution in [0.2, 0.25) is 0 Å². The number of halogens is 1. The molecule has 2 aromatic carbocycles. The quantitative estimate of drug-likeness (QED) is 0.664. The van der Waals surface area contributed by atoms with Crippen LogP contribution in [0, 0.1) is 6.92 Å². The minimum Gasteiger partial charge on any atom is -0.507 e. The molecular formula is C16H19ClN2O2. The zero-order valence-corrected chi connectivity index (χ0v) is 13.1. The number of methoxy groups -OCH3 is 1. The van der Waals surface area contributed by atoms with Crippen molar-refractivity contribution in [2.45, 2.75) is 13.8 Å². The van der Waals surface area contributed by atoms with Crippen LogP contribution in [-0.4, -0.2) is 17.9 Å². The van der Waals surface area contributed by atoms with Gasteiger partial charge in [0.2, 0.25) is 0 Å². The fourth-order valence-corrected chi connectivity index (χ4v) is 1.78. The molecule has 5 heteroatoms. The Morgan fingerprint density at radius 1 is 1.14 bits per heavy atom. The molecule has 4 nitrogen and oxygen atoms in total. The second-order valence-corrected chi connectivity index (χ2v) is 4.56. The van der Waals surface area contributed by atoms with Crippen molar-refractivity contribution in [3.8, 4) is 11.5 Å². The highest BCUT2D eigenvalue weighted by atomic mass is 35.5. The van der Waals surface area contributed by atoms with Gasteiger partial charge in [0.05, 0.1) is 18.5 Å². The van der Waals surface area contributed by atoms with Crippen molar-refractivity contribution < 1.29 is 9.84 Å². The molecule has 0 saturated carbocycles. The summed E-state index contributed by atoms with van der Waals surface area (Å²) in [5.41, 5.74) is 6.45. The van der Waals surface area contributed by atoms with E-state index in [2.05, 4.69) is 10.5 Å². The van der Waals surface area contributed by atoms with E-state index in [1.54, 1.807) is 25.3 Å². The zero-order valence-electron chi connectivity index (χ0n) is 12.3. The van der Waals surface area contributed by atoms with Crippen LogP contribution in [-0.2, 0) is 0 Å². The summed E-state index contributed by atoms with van der Waals surface area (Å²) in [5.74, 6) is 0.766. The number of ether oxygens (including phenoxy) is 1. The second-order valence-electron chi connectivity index (χ2n) is 4.56. The average molecular weight is 307 g/mol. The summed E-state index contributed by atoms with van der Waals surface area (Å²) in [5, 5.41) is 14.2. The molecule has 0 unspecified atom stereocenters. The Morgan fingerprint density at radius 3 is 2.38 bits per heavy atom. The molecule has 2 aromatic rings. The van der Waals surface area contributed by atoms with E-state index in [1.165, 1.54) is 5.56 Å². The Bertz CT molecular complexity index is 625. The van der Waals surface area contributed by atoms with E-state index in [1.807, 2.05) is 38.1 Å². The molecule has 0 spiro atoms. The van der Waals surface area contributed by atoms with Crippen molar-refractivity contribution in [3.63, 3.8) is 0 Å². The number of aromatic hydroxyl groups is 1. The van der Waals surface area contributed by atoms with Crippen LogP contribution in [0.5, 0.6) is 11.5 Å². The molecule has 21 heavy (non-hydrogen) atoms. The molecule has 0 aromatic heterocycles. The maximum Gasteiger partial charge on any atom is 0.128 e. The minimum absolute atomic E-state index is 0. The van der Waals surface area contributed by atoms with Gasteiger partial charge in [-0.15, -0.1) is 12.4 Å². The molecule has 2 N–H and O–H groups in total. The van der Waals surface area contributed by atoms with Gasteiger partial charge in [0.1, 0.15) is 11.5 Å².